The minimum atomic E-state index is -0.886. The molecule has 0 bridgehead atoms. The molecule has 5 heteroatoms. The van der Waals surface area contributed by atoms with Crippen molar-refractivity contribution < 1.29 is 9.90 Å². The third-order valence-corrected chi connectivity index (χ3v) is 1.37. The molecule has 0 saturated carbocycles. The summed E-state index contributed by atoms with van der Waals surface area (Å²) in [6.45, 7) is 5.89. The Balaban J connectivity index is 4.09. The molecule has 0 aromatic rings. The number of likely N-dealkylation sites (N-methyl/N-ethyl adjacent to an activating group) is 1. The second-order valence-electron chi connectivity index (χ2n) is 3.28. The zero-order chi connectivity index (χ0) is 9.78. The summed E-state index contributed by atoms with van der Waals surface area (Å²) in [6.07, 6.45) is 0. The van der Waals surface area contributed by atoms with Crippen LogP contribution >= 0.6 is 0 Å². The van der Waals surface area contributed by atoms with Crippen molar-refractivity contribution in [2.24, 2.45) is 5.84 Å². The van der Waals surface area contributed by atoms with Gasteiger partial charge in [0.15, 0.2) is 0 Å². The van der Waals surface area contributed by atoms with Gasteiger partial charge in [0, 0.05) is 6.54 Å². The molecule has 72 valence electrons. The number of aliphatic hydroxyl groups is 1. The molecule has 2 amide bonds. The number of hydrazine groups is 1. The largest absolute Gasteiger partial charge is 0.389 e. The molecule has 0 radical (unpaired) electrons. The Kier molecular flexibility index (Phi) is 3.99. The van der Waals surface area contributed by atoms with Crippen LogP contribution in [0, 0.1) is 0 Å². The summed E-state index contributed by atoms with van der Waals surface area (Å²) < 4.78 is 0. The van der Waals surface area contributed by atoms with Crippen molar-refractivity contribution in [3.05, 3.63) is 0 Å². The molecule has 0 aromatic carbocycles. The van der Waals surface area contributed by atoms with Crippen molar-refractivity contribution in [3.8, 4) is 0 Å². The van der Waals surface area contributed by atoms with E-state index in [1.807, 2.05) is 12.3 Å². The van der Waals surface area contributed by atoms with Crippen LogP contribution in [0.25, 0.3) is 0 Å². The van der Waals surface area contributed by atoms with Gasteiger partial charge in [-0.2, -0.15) is 0 Å². The average Bonchev–Trinajstić information content (AvgIpc) is 1.97. The van der Waals surface area contributed by atoms with Crippen LogP contribution < -0.4 is 11.3 Å². The lowest BCUT2D eigenvalue weighted by Crippen LogP contribution is -2.48. The van der Waals surface area contributed by atoms with Crippen LogP contribution in [0.15, 0.2) is 0 Å². The number of amides is 2. The smallest absolute Gasteiger partial charge is 0.331 e. The lowest BCUT2D eigenvalue weighted by Gasteiger charge is -2.27. The first kappa shape index (κ1) is 11.2. The standard InChI is InChI=1S/C7H17N3O2/c1-4-10(6(11)9-8)5-7(2,3)12/h12H,4-5,8H2,1-3H3,(H,9,11). The van der Waals surface area contributed by atoms with E-state index < -0.39 is 5.60 Å². The van der Waals surface area contributed by atoms with Gasteiger partial charge in [-0.3, -0.25) is 5.43 Å². The molecule has 0 aliphatic carbocycles. The molecule has 4 N–H and O–H groups in total. The Labute approximate surface area is 72.5 Å². The van der Waals surface area contributed by atoms with E-state index in [9.17, 15) is 9.90 Å². The first-order chi connectivity index (χ1) is 5.40. The molecule has 0 heterocycles. The highest BCUT2D eigenvalue weighted by Gasteiger charge is 2.20. The normalized spacial score (nSPS) is 11.1. The number of nitrogens with one attached hydrogen (secondary N) is 1. The monoisotopic (exact) mass is 175 g/mol. The molecule has 0 spiro atoms. The Morgan fingerprint density at radius 3 is 2.42 bits per heavy atom. The fourth-order valence-electron chi connectivity index (χ4n) is 0.886. The van der Waals surface area contributed by atoms with Gasteiger partial charge >= 0.3 is 6.03 Å². The summed E-state index contributed by atoms with van der Waals surface area (Å²) >= 11 is 0. The molecule has 0 aliphatic heterocycles. The van der Waals surface area contributed by atoms with E-state index in [2.05, 4.69) is 0 Å². The maximum absolute atomic E-state index is 11.0. The third kappa shape index (κ3) is 4.15. The minimum Gasteiger partial charge on any atom is -0.389 e. The molecule has 5 nitrogen and oxygen atoms in total. The van der Waals surface area contributed by atoms with E-state index in [4.69, 9.17) is 5.84 Å². The SMILES string of the molecule is CCN(CC(C)(C)O)C(=O)NN. The van der Waals surface area contributed by atoms with E-state index in [0.717, 1.165) is 0 Å². The summed E-state index contributed by atoms with van der Waals surface area (Å²) in [4.78, 5) is 12.4. The zero-order valence-corrected chi connectivity index (χ0v) is 7.79. The zero-order valence-electron chi connectivity index (χ0n) is 7.79. The number of carbonyl (C=O) groups is 1. The van der Waals surface area contributed by atoms with Gasteiger partial charge in [0.2, 0.25) is 0 Å². The molecule has 0 unspecified atom stereocenters. The van der Waals surface area contributed by atoms with Crippen molar-refractivity contribution in [1.82, 2.24) is 10.3 Å². The second kappa shape index (κ2) is 4.27. The van der Waals surface area contributed by atoms with Crippen LogP contribution in [-0.2, 0) is 0 Å². The molecule has 12 heavy (non-hydrogen) atoms. The van der Waals surface area contributed by atoms with Crippen LogP contribution in [0.1, 0.15) is 20.8 Å². The van der Waals surface area contributed by atoms with Crippen molar-refractivity contribution in [1.29, 1.82) is 0 Å². The van der Waals surface area contributed by atoms with Gasteiger partial charge < -0.3 is 10.0 Å². The number of urea groups is 1. The highest BCUT2D eigenvalue weighted by Crippen LogP contribution is 2.04. The Bertz CT molecular complexity index is 153. The van der Waals surface area contributed by atoms with Crippen LogP contribution in [-0.4, -0.2) is 34.7 Å². The lowest BCUT2D eigenvalue weighted by molar-refractivity contribution is 0.0480. The molecular weight excluding hydrogens is 158 g/mol. The van der Waals surface area contributed by atoms with Gasteiger partial charge in [0.25, 0.3) is 0 Å². The summed E-state index contributed by atoms with van der Waals surface area (Å²) in [5.41, 5.74) is 1.13. The average molecular weight is 175 g/mol. The first-order valence-electron chi connectivity index (χ1n) is 3.88. The highest BCUT2D eigenvalue weighted by molar-refractivity contribution is 5.73. The van der Waals surface area contributed by atoms with Crippen molar-refractivity contribution >= 4 is 6.03 Å². The quantitative estimate of drug-likeness (QED) is 0.312. The lowest BCUT2D eigenvalue weighted by atomic mass is 10.1. The van der Waals surface area contributed by atoms with Gasteiger partial charge in [-0.1, -0.05) is 0 Å². The van der Waals surface area contributed by atoms with Gasteiger partial charge in [-0.25, -0.2) is 10.6 Å². The number of nitrogens with zero attached hydrogens (tertiary/aromatic N) is 1. The van der Waals surface area contributed by atoms with Gasteiger partial charge in [0.05, 0.1) is 12.1 Å². The molecule has 0 aromatic heterocycles. The summed E-state index contributed by atoms with van der Waals surface area (Å²) in [5, 5.41) is 9.40. The summed E-state index contributed by atoms with van der Waals surface area (Å²) in [7, 11) is 0. The fourth-order valence-corrected chi connectivity index (χ4v) is 0.886. The van der Waals surface area contributed by atoms with Crippen molar-refractivity contribution in [3.63, 3.8) is 0 Å². The minimum absolute atomic E-state index is 0.270. The Morgan fingerprint density at radius 2 is 2.17 bits per heavy atom. The predicted molar refractivity (Wildman–Crippen MR) is 46.3 cm³/mol. The number of hydrogen-bond acceptors (Lipinski definition) is 3. The molecule has 0 fully saturated rings. The topological polar surface area (TPSA) is 78.6 Å². The maximum Gasteiger partial charge on any atom is 0.331 e. The van der Waals surface area contributed by atoms with Crippen LogP contribution in [0.4, 0.5) is 4.79 Å². The predicted octanol–water partition coefficient (Wildman–Crippen LogP) is -0.337. The number of nitrogens with two attached hydrogens (primary N) is 1. The van der Waals surface area contributed by atoms with Crippen molar-refractivity contribution in [2.75, 3.05) is 13.1 Å². The molecule has 0 saturated heterocycles. The third-order valence-electron chi connectivity index (χ3n) is 1.37. The molecule has 0 atom stereocenters. The fraction of sp³-hybridized carbons (Fsp3) is 0.857. The van der Waals surface area contributed by atoms with Crippen LogP contribution in [0.2, 0.25) is 0 Å². The Hall–Kier alpha value is -0.810. The van der Waals surface area contributed by atoms with Crippen LogP contribution in [0.5, 0.6) is 0 Å². The first-order valence-corrected chi connectivity index (χ1v) is 3.88. The van der Waals surface area contributed by atoms with E-state index in [1.54, 1.807) is 13.8 Å². The van der Waals surface area contributed by atoms with Gasteiger partial charge in [-0.15, -0.1) is 0 Å². The number of rotatable bonds is 3. The van der Waals surface area contributed by atoms with Gasteiger partial charge in [-0.05, 0) is 20.8 Å². The van der Waals surface area contributed by atoms with E-state index in [1.165, 1.54) is 4.90 Å². The summed E-state index contributed by atoms with van der Waals surface area (Å²) in [5.74, 6) is 4.94. The molecule has 0 aliphatic rings. The van der Waals surface area contributed by atoms with E-state index >= 15 is 0 Å². The second-order valence-corrected chi connectivity index (χ2v) is 3.28. The number of hydrogen-bond donors (Lipinski definition) is 3. The Morgan fingerprint density at radius 1 is 1.67 bits per heavy atom. The summed E-state index contributed by atoms with van der Waals surface area (Å²) in [6, 6.07) is -0.375. The van der Waals surface area contributed by atoms with E-state index in [-0.39, 0.29) is 12.6 Å². The number of carbonyl (C=O) groups excluding carboxylic acids is 1. The molecule has 0 rings (SSSR count). The van der Waals surface area contributed by atoms with Gasteiger partial charge in [0.1, 0.15) is 0 Å². The van der Waals surface area contributed by atoms with Crippen LogP contribution in [0.3, 0.4) is 0 Å². The van der Waals surface area contributed by atoms with E-state index in [0.29, 0.717) is 6.54 Å². The highest BCUT2D eigenvalue weighted by atomic mass is 16.3. The maximum atomic E-state index is 11.0. The van der Waals surface area contributed by atoms with Crippen molar-refractivity contribution in [2.45, 2.75) is 26.4 Å². The molecular formula is C7H17N3O2.